The van der Waals surface area contributed by atoms with Crippen molar-refractivity contribution in [2.75, 3.05) is 17.7 Å². The number of carbonyl (C=O) groups is 1. The summed E-state index contributed by atoms with van der Waals surface area (Å²) in [6, 6.07) is 12.9. The molecule has 126 valence electrons. The maximum absolute atomic E-state index is 12.3. The molecule has 0 saturated carbocycles. The number of rotatable bonds is 6. The molecule has 2 N–H and O–H groups in total. The van der Waals surface area contributed by atoms with Gasteiger partial charge in [-0.25, -0.2) is 9.97 Å². The number of pyridine rings is 1. The lowest BCUT2D eigenvalue weighted by Gasteiger charge is -2.09. The summed E-state index contributed by atoms with van der Waals surface area (Å²) in [6.45, 7) is 0.530. The molecule has 0 spiro atoms. The summed E-state index contributed by atoms with van der Waals surface area (Å²) in [5.41, 5.74) is 1.69. The van der Waals surface area contributed by atoms with E-state index in [4.69, 9.17) is 4.74 Å². The van der Waals surface area contributed by atoms with E-state index in [9.17, 15) is 4.79 Å². The highest BCUT2D eigenvalue weighted by atomic mass is 16.5. The van der Waals surface area contributed by atoms with E-state index < -0.39 is 0 Å². The minimum atomic E-state index is -0.353. The van der Waals surface area contributed by atoms with Crippen LogP contribution < -0.4 is 15.4 Å². The number of carbonyl (C=O) groups excluding carboxylic acids is 1. The van der Waals surface area contributed by atoms with E-state index in [1.165, 1.54) is 12.4 Å². The van der Waals surface area contributed by atoms with E-state index in [-0.39, 0.29) is 11.6 Å². The van der Waals surface area contributed by atoms with Crippen LogP contribution in [0.4, 0.5) is 11.5 Å². The van der Waals surface area contributed by atoms with Crippen molar-refractivity contribution < 1.29 is 9.53 Å². The Morgan fingerprint density at radius 2 is 1.88 bits per heavy atom. The van der Waals surface area contributed by atoms with Gasteiger partial charge in [-0.15, -0.1) is 0 Å². The van der Waals surface area contributed by atoms with Crippen molar-refractivity contribution in [3.05, 3.63) is 72.4 Å². The average Bonchev–Trinajstić information content (AvgIpc) is 2.68. The van der Waals surface area contributed by atoms with Crippen LogP contribution in [0.2, 0.25) is 0 Å². The third kappa shape index (κ3) is 4.29. The van der Waals surface area contributed by atoms with Gasteiger partial charge in [0.15, 0.2) is 0 Å². The Morgan fingerprint density at radius 1 is 1.04 bits per heavy atom. The van der Waals surface area contributed by atoms with Crippen LogP contribution in [-0.4, -0.2) is 28.0 Å². The molecule has 3 aromatic rings. The summed E-state index contributed by atoms with van der Waals surface area (Å²) >= 11 is 0. The number of benzene rings is 1. The fraction of sp³-hybridized carbons (Fsp3) is 0.111. The van der Waals surface area contributed by atoms with Gasteiger partial charge in [0.05, 0.1) is 37.4 Å². The number of amides is 1. The van der Waals surface area contributed by atoms with Gasteiger partial charge in [-0.3, -0.25) is 9.78 Å². The predicted molar refractivity (Wildman–Crippen MR) is 94.5 cm³/mol. The highest BCUT2D eigenvalue weighted by Gasteiger charge is 2.11. The lowest BCUT2D eigenvalue weighted by atomic mass is 10.3. The smallest absolute Gasteiger partial charge is 0.275 e. The predicted octanol–water partition coefficient (Wildman–Crippen LogP) is 2.74. The number of nitrogens with one attached hydrogen (secondary N) is 2. The SMILES string of the molecule is COc1ccccc1NC(=O)c1cnc(NCc2ccccn2)cn1. The lowest BCUT2D eigenvalue weighted by molar-refractivity contribution is 0.102. The van der Waals surface area contributed by atoms with E-state index >= 15 is 0 Å². The summed E-state index contributed by atoms with van der Waals surface area (Å²) in [5.74, 6) is 0.797. The summed E-state index contributed by atoms with van der Waals surface area (Å²) in [6.07, 6.45) is 4.67. The molecule has 0 atom stereocenters. The molecular weight excluding hydrogens is 318 g/mol. The number of hydrogen-bond acceptors (Lipinski definition) is 6. The van der Waals surface area contributed by atoms with Gasteiger partial charge in [-0.1, -0.05) is 18.2 Å². The quantitative estimate of drug-likeness (QED) is 0.720. The second kappa shape index (κ2) is 7.87. The molecule has 2 aromatic heterocycles. The molecule has 1 aromatic carbocycles. The fourth-order valence-electron chi connectivity index (χ4n) is 2.15. The van der Waals surface area contributed by atoms with Gasteiger partial charge >= 0.3 is 0 Å². The third-order valence-corrected chi connectivity index (χ3v) is 3.42. The van der Waals surface area contributed by atoms with Gasteiger partial charge in [-0.2, -0.15) is 0 Å². The maximum Gasteiger partial charge on any atom is 0.275 e. The normalized spacial score (nSPS) is 10.1. The van der Waals surface area contributed by atoms with Gasteiger partial charge in [0.2, 0.25) is 0 Å². The molecule has 0 aliphatic carbocycles. The third-order valence-electron chi connectivity index (χ3n) is 3.42. The molecule has 0 aliphatic rings. The van der Waals surface area contributed by atoms with Crippen LogP contribution in [0.25, 0.3) is 0 Å². The van der Waals surface area contributed by atoms with Gasteiger partial charge in [0, 0.05) is 6.20 Å². The first-order valence-electron chi connectivity index (χ1n) is 7.66. The second-order valence-corrected chi connectivity index (χ2v) is 5.12. The van der Waals surface area contributed by atoms with Crippen molar-refractivity contribution in [1.82, 2.24) is 15.0 Å². The minimum absolute atomic E-state index is 0.217. The monoisotopic (exact) mass is 335 g/mol. The topological polar surface area (TPSA) is 89.0 Å². The Balaban J connectivity index is 1.62. The van der Waals surface area contributed by atoms with Gasteiger partial charge in [-0.05, 0) is 24.3 Å². The second-order valence-electron chi connectivity index (χ2n) is 5.12. The Bertz CT molecular complexity index is 838. The number of anilines is 2. The summed E-state index contributed by atoms with van der Waals surface area (Å²) < 4.78 is 5.21. The summed E-state index contributed by atoms with van der Waals surface area (Å²) in [4.78, 5) is 24.8. The van der Waals surface area contributed by atoms with Gasteiger partial charge < -0.3 is 15.4 Å². The zero-order chi connectivity index (χ0) is 17.5. The van der Waals surface area contributed by atoms with Crippen LogP contribution in [0, 0.1) is 0 Å². The first kappa shape index (κ1) is 16.4. The van der Waals surface area contributed by atoms with Crippen LogP contribution in [0.3, 0.4) is 0 Å². The van der Waals surface area contributed by atoms with Crippen molar-refractivity contribution >= 4 is 17.4 Å². The molecule has 7 nitrogen and oxygen atoms in total. The largest absolute Gasteiger partial charge is 0.495 e. The molecule has 3 rings (SSSR count). The number of methoxy groups -OCH3 is 1. The van der Waals surface area contributed by atoms with E-state index in [0.29, 0.717) is 23.8 Å². The number of ether oxygens (including phenoxy) is 1. The number of para-hydroxylation sites is 2. The van der Waals surface area contributed by atoms with Gasteiger partial charge in [0.25, 0.3) is 5.91 Å². The molecule has 1 amide bonds. The Morgan fingerprint density at radius 3 is 2.60 bits per heavy atom. The number of hydrogen-bond donors (Lipinski definition) is 2. The maximum atomic E-state index is 12.3. The van der Waals surface area contributed by atoms with E-state index in [2.05, 4.69) is 25.6 Å². The molecule has 0 unspecified atom stereocenters. The van der Waals surface area contributed by atoms with Crippen molar-refractivity contribution in [2.45, 2.75) is 6.54 Å². The Kier molecular flexibility index (Phi) is 5.16. The first-order chi connectivity index (χ1) is 12.3. The van der Waals surface area contributed by atoms with E-state index in [1.54, 1.807) is 25.4 Å². The fourth-order valence-corrected chi connectivity index (χ4v) is 2.15. The van der Waals surface area contributed by atoms with Crippen LogP contribution in [0.15, 0.2) is 61.1 Å². The average molecular weight is 335 g/mol. The molecule has 0 bridgehead atoms. The van der Waals surface area contributed by atoms with Crippen molar-refractivity contribution in [3.63, 3.8) is 0 Å². The van der Waals surface area contributed by atoms with Crippen molar-refractivity contribution in [2.24, 2.45) is 0 Å². The van der Waals surface area contributed by atoms with Gasteiger partial charge in [0.1, 0.15) is 17.3 Å². The van der Waals surface area contributed by atoms with E-state index in [0.717, 1.165) is 5.69 Å². The zero-order valence-electron chi connectivity index (χ0n) is 13.6. The molecule has 25 heavy (non-hydrogen) atoms. The summed E-state index contributed by atoms with van der Waals surface area (Å²) in [5, 5.41) is 5.87. The number of aromatic nitrogens is 3. The van der Waals surface area contributed by atoms with Crippen LogP contribution in [0.5, 0.6) is 5.75 Å². The van der Waals surface area contributed by atoms with Crippen molar-refractivity contribution in [1.29, 1.82) is 0 Å². The molecule has 0 aliphatic heterocycles. The zero-order valence-corrected chi connectivity index (χ0v) is 13.6. The molecule has 0 radical (unpaired) electrons. The molecular formula is C18H17N5O2. The first-order valence-corrected chi connectivity index (χ1v) is 7.66. The van der Waals surface area contributed by atoms with Crippen LogP contribution in [-0.2, 0) is 6.54 Å². The molecule has 7 heteroatoms. The number of nitrogens with zero attached hydrogens (tertiary/aromatic N) is 3. The Labute approximate surface area is 145 Å². The standard InChI is InChI=1S/C18H17N5O2/c1-25-16-8-3-2-7-14(16)23-18(24)15-11-22-17(12-20-15)21-10-13-6-4-5-9-19-13/h2-9,11-12H,10H2,1H3,(H,21,22)(H,23,24). The molecule has 0 fully saturated rings. The van der Waals surface area contributed by atoms with E-state index in [1.807, 2.05) is 30.3 Å². The molecule has 2 heterocycles. The lowest BCUT2D eigenvalue weighted by Crippen LogP contribution is -2.15. The van der Waals surface area contributed by atoms with Crippen LogP contribution >= 0.6 is 0 Å². The highest BCUT2D eigenvalue weighted by molar-refractivity contribution is 6.03. The molecule has 0 saturated heterocycles. The minimum Gasteiger partial charge on any atom is -0.495 e. The van der Waals surface area contributed by atoms with Crippen LogP contribution in [0.1, 0.15) is 16.2 Å². The summed E-state index contributed by atoms with van der Waals surface area (Å²) in [7, 11) is 1.55. The van der Waals surface area contributed by atoms with Crippen molar-refractivity contribution in [3.8, 4) is 5.75 Å². The Hall–Kier alpha value is -3.48. The highest BCUT2D eigenvalue weighted by Crippen LogP contribution is 2.23.